The summed E-state index contributed by atoms with van der Waals surface area (Å²) in [5.41, 5.74) is 3.18. The van der Waals surface area contributed by atoms with E-state index in [0.717, 1.165) is 28.3 Å². The van der Waals surface area contributed by atoms with Crippen molar-refractivity contribution in [1.82, 2.24) is 10.3 Å². The molecule has 1 aromatic heterocycles. The fourth-order valence-electron chi connectivity index (χ4n) is 2.31. The third-order valence-electron chi connectivity index (χ3n) is 3.29. The molecule has 1 heterocycles. The van der Waals surface area contributed by atoms with Gasteiger partial charge in [-0.3, -0.25) is 4.98 Å². The summed E-state index contributed by atoms with van der Waals surface area (Å²) in [5, 5.41) is 3.32. The summed E-state index contributed by atoms with van der Waals surface area (Å²) in [4.78, 5) is 4.24. The van der Waals surface area contributed by atoms with E-state index in [2.05, 4.69) is 16.4 Å². The van der Waals surface area contributed by atoms with Crippen molar-refractivity contribution in [3.05, 3.63) is 53.3 Å². The SMILES string of the molecule is CNC(c1ccnc(C)c1)c1cc(OC)ccc1OC. The van der Waals surface area contributed by atoms with Gasteiger partial charge in [-0.15, -0.1) is 0 Å². The maximum Gasteiger partial charge on any atom is 0.124 e. The maximum atomic E-state index is 5.47. The van der Waals surface area contributed by atoms with Gasteiger partial charge < -0.3 is 14.8 Å². The largest absolute Gasteiger partial charge is 0.497 e. The van der Waals surface area contributed by atoms with Crippen molar-refractivity contribution in [1.29, 1.82) is 0 Å². The van der Waals surface area contributed by atoms with E-state index >= 15 is 0 Å². The minimum atomic E-state index is 0.0294. The van der Waals surface area contributed by atoms with Gasteiger partial charge in [0.05, 0.1) is 20.3 Å². The lowest BCUT2D eigenvalue weighted by Gasteiger charge is -2.20. The van der Waals surface area contributed by atoms with Gasteiger partial charge in [0.1, 0.15) is 11.5 Å². The Morgan fingerprint density at radius 3 is 2.50 bits per heavy atom. The van der Waals surface area contributed by atoms with Crippen LogP contribution in [-0.4, -0.2) is 26.3 Å². The highest BCUT2D eigenvalue weighted by molar-refractivity contribution is 5.46. The number of nitrogens with zero attached hydrogens (tertiary/aromatic N) is 1. The first-order valence-corrected chi connectivity index (χ1v) is 6.51. The van der Waals surface area contributed by atoms with E-state index in [1.54, 1.807) is 14.2 Å². The highest BCUT2D eigenvalue weighted by Crippen LogP contribution is 2.32. The first kappa shape index (κ1) is 14.3. The molecule has 106 valence electrons. The number of ether oxygens (including phenoxy) is 2. The zero-order chi connectivity index (χ0) is 14.5. The number of aromatic nitrogens is 1. The normalized spacial score (nSPS) is 12.0. The predicted octanol–water partition coefficient (Wildman–Crippen LogP) is 2.72. The summed E-state index contributed by atoms with van der Waals surface area (Å²) >= 11 is 0. The summed E-state index contributed by atoms with van der Waals surface area (Å²) < 4.78 is 10.8. The van der Waals surface area contributed by atoms with Gasteiger partial charge in [0.15, 0.2) is 0 Å². The van der Waals surface area contributed by atoms with Gasteiger partial charge >= 0.3 is 0 Å². The maximum absolute atomic E-state index is 5.47. The summed E-state index contributed by atoms with van der Waals surface area (Å²) in [6, 6.07) is 9.92. The molecule has 0 radical (unpaired) electrons. The van der Waals surface area contributed by atoms with Crippen LogP contribution in [-0.2, 0) is 0 Å². The Morgan fingerprint density at radius 2 is 1.90 bits per heavy atom. The van der Waals surface area contributed by atoms with Crippen LogP contribution in [0.5, 0.6) is 11.5 Å². The Balaban J connectivity index is 2.50. The van der Waals surface area contributed by atoms with E-state index in [1.807, 2.05) is 44.4 Å². The molecule has 4 nitrogen and oxygen atoms in total. The Bertz CT molecular complexity index is 584. The lowest BCUT2D eigenvalue weighted by atomic mass is 9.98. The number of benzene rings is 1. The first-order valence-electron chi connectivity index (χ1n) is 6.51. The van der Waals surface area contributed by atoms with Crippen molar-refractivity contribution in [2.45, 2.75) is 13.0 Å². The average Bonchev–Trinajstić information content (AvgIpc) is 2.48. The zero-order valence-electron chi connectivity index (χ0n) is 12.3. The lowest BCUT2D eigenvalue weighted by molar-refractivity contribution is 0.395. The van der Waals surface area contributed by atoms with Gasteiger partial charge in [-0.05, 0) is 49.9 Å². The highest BCUT2D eigenvalue weighted by Gasteiger charge is 2.17. The second-order valence-corrected chi connectivity index (χ2v) is 4.56. The van der Waals surface area contributed by atoms with Crippen molar-refractivity contribution in [2.75, 3.05) is 21.3 Å². The molecular formula is C16H20N2O2. The Kier molecular flexibility index (Phi) is 4.58. The third-order valence-corrected chi connectivity index (χ3v) is 3.29. The molecule has 4 heteroatoms. The molecule has 0 fully saturated rings. The van der Waals surface area contributed by atoms with Crippen LogP contribution in [0.25, 0.3) is 0 Å². The third kappa shape index (κ3) is 2.91. The second-order valence-electron chi connectivity index (χ2n) is 4.56. The first-order chi connectivity index (χ1) is 9.69. The number of hydrogen-bond donors (Lipinski definition) is 1. The standard InChI is InChI=1S/C16H20N2O2/c1-11-9-12(7-8-18-11)16(17-2)14-10-13(19-3)5-6-15(14)20-4/h5-10,16-17H,1-4H3. The number of aryl methyl sites for hydroxylation is 1. The van der Waals surface area contributed by atoms with Crippen LogP contribution in [0.15, 0.2) is 36.5 Å². The van der Waals surface area contributed by atoms with Crippen molar-refractivity contribution in [2.24, 2.45) is 0 Å². The molecule has 0 spiro atoms. The topological polar surface area (TPSA) is 43.4 Å². The van der Waals surface area contributed by atoms with Gasteiger partial charge in [0.2, 0.25) is 0 Å². The molecule has 0 saturated carbocycles. The van der Waals surface area contributed by atoms with Crippen LogP contribution in [0.1, 0.15) is 22.9 Å². The van der Waals surface area contributed by atoms with Crippen LogP contribution in [0.2, 0.25) is 0 Å². The average molecular weight is 272 g/mol. The van der Waals surface area contributed by atoms with Crippen LogP contribution in [0.4, 0.5) is 0 Å². The fraction of sp³-hybridized carbons (Fsp3) is 0.312. The van der Waals surface area contributed by atoms with Crippen LogP contribution in [0, 0.1) is 6.92 Å². The number of nitrogens with one attached hydrogen (secondary N) is 1. The summed E-state index contributed by atoms with van der Waals surface area (Å²) in [6.45, 7) is 1.99. The van der Waals surface area contributed by atoms with Crippen molar-refractivity contribution < 1.29 is 9.47 Å². The smallest absolute Gasteiger partial charge is 0.124 e. The Hall–Kier alpha value is -2.07. The molecule has 20 heavy (non-hydrogen) atoms. The number of methoxy groups -OCH3 is 2. The minimum absolute atomic E-state index is 0.0294. The van der Waals surface area contributed by atoms with E-state index in [9.17, 15) is 0 Å². The zero-order valence-corrected chi connectivity index (χ0v) is 12.3. The molecule has 1 N–H and O–H groups in total. The number of rotatable bonds is 5. The van der Waals surface area contributed by atoms with Crippen LogP contribution < -0.4 is 14.8 Å². The van der Waals surface area contributed by atoms with Crippen LogP contribution >= 0.6 is 0 Å². The molecule has 0 saturated heterocycles. The summed E-state index contributed by atoms with van der Waals surface area (Å²) in [6.07, 6.45) is 1.82. The molecule has 0 bridgehead atoms. The minimum Gasteiger partial charge on any atom is -0.497 e. The van der Waals surface area contributed by atoms with Crippen molar-refractivity contribution in [3.8, 4) is 11.5 Å². The second kappa shape index (κ2) is 6.39. The number of hydrogen-bond acceptors (Lipinski definition) is 4. The van der Waals surface area contributed by atoms with Gasteiger partial charge in [0, 0.05) is 17.5 Å². The fourth-order valence-corrected chi connectivity index (χ4v) is 2.31. The monoisotopic (exact) mass is 272 g/mol. The van der Waals surface area contributed by atoms with Gasteiger partial charge in [-0.1, -0.05) is 0 Å². The molecule has 1 atom stereocenters. The summed E-state index contributed by atoms with van der Waals surface area (Å²) in [7, 11) is 5.27. The van der Waals surface area contributed by atoms with Crippen molar-refractivity contribution in [3.63, 3.8) is 0 Å². The van der Waals surface area contributed by atoms with Crippen molar-refractivity contribution >= 4 is 0 Å². The lowest BCUT2D eigenvalue weighted by Crippen LogP contribution is -2.18. The van der Waals surface area contributed by atoms with E-state index < -0.39 is 0 Å². The molecule has 0 aliphatic rings. The van der Waals surface area contributed by atoms with E-state index in [0.29, 0.717) is 0 Å². The molecule has 1 unspecified atom stereocenters. The Morgan fingerprint density at radius 1 is 1.10 bits per heavy atom. The molecular weight excluding hydrogens is 252 g/mol. The molecule has 0 aliphatic heterocycles. The van der Waals surface area contributed by atoms with E-state index in [4.69, 9.17) is 9.47 Å². The summed E-state index contributed by atoms with van der Waals surface area (Å²) in [5.74, 6) is 1.64. The predicted molar refractivity (Wildman–Crippen MR) is 79.4 cm³/mol. The van der Waals surface area contributed by atoms with E-state index in [1.165, 1.54) is 0 Å². The molecule has 2 aromatic rings. The Labute approximate surface area is 119 Å². The molecule has 2 rings (SSSR count). The molecule has 0 aliphatic carbocycles. The van der Waals surface area contributed by atoms with Gasteiger partial charge in [0.25, 0.3) is 0 Å². The molecule has 0 amide bonds. The molecule has 1 aromatic carbocycles. The van der Waals surface area contributed by atoms with Gasteiger partial charge in [-0.25, -0.2) is 0 Å². The van der Waals surface area contributed by atoms with E-state index in [-0.39, 0.29) is 6.04 Å². The quantitative estimate of drug-likeness (QED) is 0.909. The van der Waals surface area contributed by atoms with Gasteiger partial charge in [-0.2, -0.15) is 0 Å². The highest BCUT2D eigenvalue weighted by atomic mass is 16.5. The van der Waals surface area contributed by atoms with Crippen LogP contribution in [0.3, 0.4) is 0 Å². The number of pyridine rings is 1.